The van der Waals surface area contributed by atoms with E-state index in [0.29, 0.717) is 12.2 Å². The van der Waals surface area contributed by atoms with Crippen molar-refractivity contribution in [3.8, 4) is 0 Å². The smallest absolute Gasteiger partial charge is 0.333 e. The minimum atomic E-state index is -0.568. The third-order valence-electron chi connectivity index (χ3n) is 1.71. The lowest BCUT2D eigenvalue weighted by atomic mass is 10.4. The van der Waals surface area contributed by atoms with E-state index in [4.69, 9.17) is 4.74 Å². The van der Waals surface area contributed by atoms with Crippen LogP contribution in [0.25, 0.3) is 0 Å². The normalized spacial score (nSPS) is 11.1. The minimum absolute atomic E-state index is 0.102. The van der Waals surface area contributed by atoms with E-state index in [9.17, 15) is 4.79 Å². The van der Waals surface area contributed by atoms with Gasteiger partial charge in [-0.05, 0) is 19.4 Å². The molecule has 0 unspecified atom stereocenters. The zero-order chi connectivity index (χ0) is 11.0. The highest BCUT2D eigenvalue weighted by molar-refractivity contribution is 6.63. The summed E-state index contributed by atoms with van der Waals surface area (Å²) in [6.45, 7) is 10.3. The lowest BCUT2D eigenvalue weighted by Gasteiger charge is -2.06. The summed E-state index contributed by atoms with van der Waals surface area (Å²) >= 11 is 0. The van der Waals surface area contributed by atoms with Gasteiger partial charge in [0.1, 0.15) is 0 Å². The van der Waals surface area contributed by atoms with Gasteiger partial charge in [-0.3, -0.25) is 0 Å². The Bertz CT molecular complexity index is 195. The van der Waals surface area contributed by atoms with Crippen molar-refractivity contribution in [3.05, 3.63) is 12.2 Å². The second-order valence-electron chi connectivity index (χ2n) is 3.73. The Morgan fingerprint density at radius 2 is 2.21 bits per heavy atom. The first-order chi connectivity index (χ1) is 6.54. The highest BCUT2D eigenvalue weighted by Crippen LogP contribution is 1.95. The standard InChI is InChI=1S/C9H21NO2Si2/c1-8(2)9(11)12-6-5-7-13-10-14(3)4/h10,14H,1,5-7,13H2,2-4H3. The summed E-state index contributed by atoms with van der Waals surface area (Å²) in [5.74, 6) is -0.266. The molecule has 0 aliphatic heterocycles. The number of esters is 1. The van der Waals surface area contributed by atoms with E-state index in [-0.39, 0.29) is 15.7 Å². The van der Waals surface area contributed by atoms with Crippen LogP contribution in [0, 0.1) is 0 Å². The van der Waals surface area contributed by atoms with Crippen LogP contribution >= 0.6 is 0 Å². The fourth-order valence-electron chi connectivity index (χ4n) is 0.906. The number of hydrogen-bond acceptors (Lipinski definition) is 3. The van der Waals surface area contributed by atoms with Gasteiger partial charge in [0.05, 0.1) is 25.2 Å². The molecule has 0 saturated heterocycles. The van der Waals surface area contributed by atoms with E-state index in [1.807, 2.05) is 0 Å². The van der Waals surface area contributed by atoms with E-state index >= 15 is 0 Å². The third kappa shape index (κ3) is 8.21. The molecule has 0 amide bonds. The zero-order valence-electron chi connectivity index (χ0n) is 9.43. The molecule has 0 aromatic heterocycles. The molecular formula is C9H21NO2Si2. The van der Waals surface area contributed by atoms with Gasteiger partial charge in [-0.2, -0.15) is 0 Å². The van der Waals surface area contributed by atoms with Crippen molar-refractivity contribution in [1.29, 1.82) is 0 Å². The van der Waals surface area contributed by atoms with Crippen LogP contribution in [-0.2, 0) is 9.53 Å². The Morgan fingerprint density at radius 3 is 2.71 bits per heavy atom. The summed E-state index contributed by atoms with van der Waals surface area (Å²) in [7, 11) is -0.671. The van der Waals surface area contributed by atoms with Crippen LogP contribution in [0.2, 0.25) is 19.1 Å². The van der Waals surface area contributed by atoms with Crippen molar-refractivity contribution in [3.63, 3.8) is 0 Å². The molecule has 0 aliphatic carbocycles. The topological polar surface area (TPSA) is 38.3 Å². The van der Waals surface area contributed by atoms with Crippen LogP contribution in [0.1, 0.15) is 13.3 Å². The fraction of sp³-hybridized carbons (Fsp3) is 0.667. The maximum atomic E-state index is 11.0. The highest BCUT2D eigenvalue weighted by Gasteiger charge is 2.01. The third-order valence-corrected chi connectivity index (χ3v) is 6.98. The number of carbonyl (C=O) groups excluding carboxylic acids is 1. The van der Waals surface area contributed by atoms with Gasteiger partial charge >= 0.3 is 5.97 Å². The molecule has 0 bridgehead atoms. The van der Waals surface area contributed by atoms with Gasteiger partial charge in [0.2, 0.25) is 0 Å². The number of carbonyl (C=O) groups is 1. The largest absolute Gasteiger partial charge is 0.462 e. The summed E-state index contributed by atoms with van der Waals surface area (Å²) < 4.78 is 8.55. The first-order valence-electron chi connectivity index (χ1n) is 5.10. The van der Waals surface area contributed by atoms with E-state index in [1.165, 1.54) is 6.04 Å². The van der Waals surface area contributed by atoms with E-state index in [1.54, 1.807) is 6.92 Å². The Hall–Kier alpha value is -0.396. The summed E-state index contributed by atoms with van der Waals surface area (Å²) in [5.41, 5.74) is 0.481. The van der Waals surface area contributed by atoms with Crippen molar-refractivity contribution >= 4 is 24.6 Å². The maximum Gasteiger partial charge on any atom is 0.333 e. The van der Waals surface area contributed by atoms with E-state index in [2.05, 4.69) is 24.3 Å². The molecule has 14 heavy (non-hydrogen) atoms. The monoisotopic (exact) mass is 231 g/mol. The highest BCUT2D eigenvalue weighted by atomic mass is 28.3. The minimum Gasteiger partial charge on any atom is -0.462 e. The molecule has 0 heterocycles. The van der Waals surface area contributed by atoms with Crippen molar-refractivity contribution < 1.29 is 9.53 Å². The Labute approximate surface area is 90.5 Å². The molecule has 0 aromatic carbocycles. The average molecular weight is 231 g/mol. The summed E-state index contributed by atoms with van der Waals surface area (Å²) in [6.07, 6.45) is 0.985. The van der Waals surface area contributed by atoms with Gasteiger partial charge in [-0.1, -0.05) is 19.7 Å². The van der Waals surface area contributed by atoms with Crippen LogP contribution in [0.3, 0.4) is 0 Å². The van der Waals surface area contributed by atoms with E-state index in [0.717, 1.165) is 6.42 Å². The van der Waals surface area contributed by atoms with Gasteiger partial charge in [0.25, 0.3) is 0 Å². The Morgan fingerprint density at radius 1 is 1.57 bits per heavy atom. The molecule has 82 valence electrons. The number of rotatable bonds is 7. The molecule has 0 saturated carbocycles. The second-order valence-corrected chi connectivity index (χ2v) is 8.88. The quantitative estimate of drug-likeness (QED) is 0.301. The predicted octanol–water partition coefficient (Wildman–Crippen LogP) is 0.571. The van der Waals surface area contributed by atoms with Gasteiger partial charge in [-0.25, -0.2) is 4.79 Å². The Kier molecular flexibility index (Phi) is 7.73. The molecule has 0 fully saturated rings. The molecule has 0 radical (unpaired) electrons. The average Bonchev–Trinajstić information content (AvgIpc) is 2.09. The first kappa shape index (κ1) is 13.6. The summed E-state index contributed by atoms with van der Waals surface area (Å²) in [4.78, 5) is 11.0. The van der Waals surface area contributed by atoms with Crippen LogP contribution in [0.4, 0.5) is 0 Å². The van der Waals surface area contributed by atoms with Crippen LogP contribution in [0.5, 0.6) is 0 Å². The second kappa shape index (κ2) is 7.96. The van der Waals surface area contributed by atoms with Crippen molar-refractivity contribution in [1.82, 2.24) is 4.65 Å². The maximum absolute atomic E-state index is 11.0. The fourth-order valence-corrected chi connectivity index (χ4v) is 4.49. The van der Waals surface area contributed by atoms with Crippen molar-refractivity contribution in [2.45, 2.75) is 32.5 Å². The molecule has 0 rings (SSSR count). The van der Waals surface area contributed by atoms with Crippen LogP contribution < -0.4 is 4.65 Å². The SMILES string of the molecule is C=C(C)C(=O)OCCC[SiH2]N[SiH](C)C. The Balaban J connectivity index is 3.22. The molecular weight excluding hydrogens is 210 g/mol. The van der Waals surface area contributed by atoms with Gasteiger partial charge in [0.15, 0.2) is 0 Å². The van der Waals surface area contributed by atoms with Crippen LogP contribution in [-0.4, -0.2) is 31.2 Å². The van der Waals surface area contributed by atoms with Crippen LogP contribution in [0.15, 0.2) is 12.2 Å². The predicted molar refractivity (Wildman–Crippen MR) is 65.8 cm³/mol. The lowest BCUT2D eigenvalue weighted by molar-refractivity contribution is -0.138. The van der Waals surface area contributed by atoms with E-state index < -0.39 is 8.96 Å². The molecule has 0 spiro atoms. The summed E-state index contributed by atoms with van der Waals surface area (Å²) in [5, 5.41) is 0. The molecule has 0 aromatic rings. The number of ether oxygens (including phenoxy) is 1. The molecule has 3 nitrogen and oxygen atoms in total. The van der Waals surface area contributed by atoms with Gasteiger partial charge in [0, 0.05) is 5.57 Å². The molecule has 0 atom stereocenters. The molecule has 5 heteroatoms. The summed E-state index contributed by atoms with van der Waals surface area (Å²) in [6, 6.07) is 1.20. The molecule has 1 N–H and O–H groups in total. The number of hydrogen-bond donors (Lipinski definition) is 1. The number of nitrogens with one attached hydrogen (secondary N) is 1. The van der Waals surface area contributed by atoms with Crippen molar-refractivity contribution in [2.75, 3.05) is 6.61 Å². The lowest BCUT2D eigenvalue weighted by Crippen LogP contribution is -2.30. The molecule has 0 aliphatic rings. The first-order valence-corrected chi connectivity index (χ1v) is 9.69. The van der Waals surface area contributed by atoms with Gasteiger partial charge in [-0.15, -0.1) is 0 Å². The van der Waals surface area contributed by atoms with Crippen molar-refractivity contribution in [2.24, 2.45) is 0 Å². The van der Waals surface area contributed by atoms with Gasteiger partial charge < -0.3 is 9.38 Å². The zero-order valence-corrected chi connectivity index (χ0v) is 12.0.